The number of hydrogen-bond acceptors (Lipinski definition) is 8. The molecule has 1 fully saturated rings. The smallest absolute Gasteiger partial charge is 0.417 e. The Morgan fingerprint density at radius 3 is 2.85 bits per heavy atom. The average Bonchev–Trinajstić information content (AvgIpc) is 3.39. The van der Waals surface area contributed by atoms with E-state index in [1.165, 1.54) is 28.1 Å². The summed E-state index contributed by atoms with van der Waals surface area (Å²) in [6, 6.07) is 2.35. The summed E-state index contributed by atoms with van der Waals surface area (Å²) in [7, 11) is 0. The van der Waals surface area contributed by atoms with Crippen LogP contribution in [0, 0.1) is 6.92 Å². The standard InChI is InChI=1S/C22H21F3N6O2S/c1-3-33-21(32)17-12(2)16-19(26-11-27-20(16)34-17)30-8-4-5-13(9-30)18-29-28-15-7-6-14(10-31(15)18)22(23,24)25/h6-7,10-11,13H,3-5,8-9H2,1-2H3. The van der Waals surface area contributed by atoms with E-state index in [-0.39, 0.29) is 18.5 Å². The molecule has 4 aromatic heterocycles. The van der Waals surface area contributed by atoms with Crippen LogP contribution in [-0.4, -0.2) is 50.2 Å². The van der Waals surface area contributed by atoms with Crippen LogP contribution in [0.1, 0.15) is 52.3 Å². The molecule has 0 N–H and O–H groups in total. The number of pyridine rings is 1. The molecule has 5 heterocycles. The number of nitrogens with zero attached hydrogens (tertiary/aromatic N) is 6. The van der Waals surface area contributed by atoms with Crippen molar-refractivity contribution in [3.8, 4) is 0 Å². The molecule has 34 heavy (non-hydrogen) atoms. The van der Waals surface area contributed by atoms with Gasteiger partial charge < -0.3 is 9.64 Å². The molecule has 0 amide bonds. The molecule has 0 aliphatic carbocycles. The lowest BCUT2D eigenvalue weighted by atomic mass is 9.96. The van der Waals surface area contributed by atoms with Crippen molar-refractivity contribution < 1.29 is 22.7 Å². The highest BCUT2D eigenvalue weighted by Crippen LogP contribution is 2.38. The van der Waals surface area contributed by atoms with E-state index in [1.54, 1.807) is 6.92 Å². The number of esters is 1. The maximum absolute atomic E-state index is 13.3. The Morgan fingerprint density at radius 1 is 1.26 bits per heavy atom. The van der Waals surface area contributed by atoms with Gasteiger partial charge >= 0.3 is 12.1 Å². The van der Waals surface area contributed by atoms with E-state index in [2.05, 4.69) is 25.1 Å². The summed E-state index contributed by atoms with van der Waals surface area (Å²) < 4.78 is 46.4. The molecule has 0 saturated carbocycles. The van der Waals surface area contributed by atoms with Crippen molar-refractivity contribution >= 4 is 39.0 Å². The van der Waals surface area contributed by atoms with Gasteiger partial charge in [0.25, 0.3) is 0 Å². The maximum Gasteiger partial charge on any atom is 0.417 e. The molecule has 5 rings (SSSR count). The third kappa shape index (κ3) is 3.85. The van der Waals surface area contributed by atoms with Gasteiger partial charge in [-0.2, -0.15) is 13.2 Å². The summed E-state index contributed by atoms with van der Waals surface area (Å²) in [5, 5.41) is 9.09. The Hall–Kier alpha value is -3.28. The second kappa shape index (κ2) is 8.49. The molecule has 12 heteroatoms. The first-order valence-electron chi connectivity index (χ1n) is 10.9. The van der Waals surface area contributed by atoms with Gasteiger partial charge in [0.05, 0.1) is 17.6 Å². The highest BCUT2D eigenvalue weighted by Gasteiger charge is 2.33. The monoisotopic (exact) mass is 490 g/mol. The first kappa shape index (κ1) is 22.5. The summed E-state index contributed by atoms with van der Waals surface area (Å²) in [6.45, 7) is 5.11. The maximum atomic E-state index is 13.3. The van der Waals surface area contributed by atoms with Gasteiger partial charge in [0.2, 0.25) is 0 Å². The van der Waals surface area contributed by atoms with Crippen molar-refractivity contribution in [1.82, 2.24) is 24.6 Å². The van der Waals surface area contributed by atoms with E-state index in [9.17, 15) is 18.0 Å². The van der Waals surface area contributed by atoms with Crippen LogP contribution in [0.5, 0.6) is 0 Å². The average molecular weight is 491 g/mol. The number of alkyl halides is 3. The second-order valence-corrected chi connectivity index (χ2v) is 9.14. The molecule has 8 nitrogen and oxygen atoms in total. The van der Waals surface area contributed by atoms with Gasteiger partial charge in [0.15, 0.2) is 5.65 Å². The number of thiophene rings is 1. The van der Waals surface area contributed by atoms with E-state index in [4.69, 9.17) is 4.74 Å². The number of piperidine rings is 1. The summed E-state index contributed by atoms with van der Waals surface area (Å²) in [5.74, 6) is 0.663. The third-order valence-electron chi connectivity index (χ3n) is 6.01. The summed E-state index contributed by atoms with van der Waals surface area (Å²) >= 11 is 1.27. The molecule has 1 saturated heterocycles. The van der Waals surface area contributed by atoms with Crippen LogP contribution in [-0.2, 0) is 10.9 Å². The van der Waals surface area contributed by atoms with E-state index >= 15 is 0 Å². The number of rotatable bonds is 4. The fourth-order valence-electron chi connectivity index (χ4n) is 4.42. The van der Waals surface area contributed by atoms with Gasteiger partial charge in [0, 0.05) is 25.2 Å². The number of ether oxygens (including phenoxy) is 1. The van der Waals surface area contributed by atoms with Crippen molar-refractivity contribution in [2.24, 2.45) is 0 Å². The van der Waals surface area contributed by atoms with Gasteiger partial charge in [0.1, 0.15) is 27.7 Å². The Balaban J connectivity index is 1.51. The lowest BCUT2D eigenvalue weighted by Crippen LogP contribution is -2.35. The van der Waals surface area contributed by atoms with Gasteiger partial charge in [-0.25, -0.2) is 14.8 Å². The molecule has 1 atom stereocenters. The summed E-state index contributed by atoms with van der Waals surface area (Å²) in [6.07, 6.45) is -0.361. The molecule has 4 aromatic rings. The quantitative estimate of drug-likeness (QED) is 0.386. The summed E-state index contributed by atoms with van der Waals surface area (Å²) in [5.41, 5.74) is 0.392. The minimum Gasteiger partial charge on any atom is -0.462 e. The molecule has 178 valence electrons. The minimum absolute atomic E-state index is 0.138. The van der Waals surface area contributed by atoms with Gasteiger partial charge in [-0.1, -0.05) is 0 Å². The van der Waals surface area contributed by atoms with Crippen molar-refractivity contribution in [1.29, 1.82) is 0 Å². The number of anilines is 1. The Morgan fingerprint density at radius 2 is 2.09 bits per heavy atom. The first-order chi connectivity index (χ1) is 16.3. The van der Waals surface area contributed by atoms with E-state index < -0.39 is 11.7 Å². The summed E-state index contributed by atoms with van der Waals surface area (Å²) in [4.78, 5) is 24.5. The number of aromatic nitrogens is 5. The number of carbonyl (C=O) groups is 1. The zero-order valence-corrected chi connectivity index (χ0v) is 19.3. The van der Waals surface area contributed by atoms with Crippen LogP contribution in [0.2, 0.25) is 0 Å². The zero-order valence-electron chi connectivity index (χ0n) is 18.5. The fourth-order valence-corrected chi connectivity index (χ4v) is 5.46. The highest BCUT2D eigenvalue weighted by atomic mass is 32.1. The van der Waals surface area contributed by atoms with Crippen molar-refractivity contribution in [3.05, 3.63) is 46.5 Å². The first-order valence-corrected chi connectivity index (χ1v) is 11.7. The Labute approximate surface area is 196 Å². The van der Waals surface area contributed by atoms with Crippen LogP contribution in [0.3, 0.4) is 0 Å². The number of carbonyl (C=O) groups excluding carboxylic acids is 1. The lowest BCUT2D eigenvalue weighted by molar-refractivity contribution is -0.137. The van der Waals surface area contributed by atoms with Crippen LogP contribution in [0.4, 0.5) is 19.0 Å². The van der Waals surface area contributed by atoms with Crippen molar-refractivity contribution in [2.75, 3.05) is 24.6 Å². The predicted octanol–water partition coefficient (Wildman–Crippen LogP) is 4.62. The van der Waals surface area contributed by atoms with Crippen LogP contribution >= 0.6 is 11.3 Å². The second-order valence-electron chi connectivity index (χ2n) is 8.14. The van der Waals surface area contributed by atoms with Gasteiger partial charge in [-0.3, -0.25) is 4.40 Å². The fraction of sp³-hybridized carbons (Fsp3) is 0.409. The van der Waals surface area contributed by atoms with Crippen LogP contribution < -0.4 is 4.90 Å². The normalized spacial score (nSPS) is 17.0. The largest absolute Gasteiger partial charge is 0.462 e. The molecular formula is C22H21F3N6O2S. The van der Waals surface area contributed by atoms with Crippen molar-refractivity contribution in [2.45, 2.75) is 38.8 Å². The SMILES string of the molecule is CCOC(=O)c1sc2ncnc(N3CCCC(c4nnc5ccc(C(F)(F)F)cn45)C3)c2c1C. The van der Waals surface area contributed by atoms with Crippen LogP contribution in [0.15, 0.2) is 24.7 Å². The molecular weight excluding hydrogens is 469 g/mol. The number of fused-ring (bicyclic) bond motifs is 2. The molecule has 0 radical (unpaired) electrons. The topological polar surface area (TPSA) is 85.5 Å². The molecule has 0 spiro atoms. The highest BCUT2D eigenvalue weighted by molar-refractivity contribution is 7.20. The van der Waals surface area contributed by atoms with Gasteiger partial charge in [-0.15, -0.1) is 21.5 Å². The molecule has 0 bridgehead atoms. The number of halogens is 3. The third-order valence-corrected chi connectivity index (χ3v) is 7.19. The predicted molar refractivity (Wildman–Crippen MR) is 120 cm³/mol. The molecule has 1 aliphatic rings. The zero-order chi connectivity index (χ0) is 24.0. The minimum atomic E-state index is -4.45. The molecule has 1 aliphatic heterocycles. The Kier molecular flexibility index (Phi) is 5.62. The number of hydrogen-bond donors (Lipinski definition) is 0. The van der Waals surface area contributed by atoms with E-state index in [0.717, 1.165) is 42.6 Å². The van der Waals surface area contributed by atoms with Crippen LogP contribution in [0.25, 0.3) is 15.9 Å². The lowest BCUT2D eigenvalue weighted by Gasteiger charge is -2.33. The van der Waals surface area contributed by atoms with E-state index in [1.807, 2.05) is 6.92 Å². The van der Waals surface area contributed by atoms with E-state index in [0.29, 0.717) is 33.5 Å². The molecule has 1 unspecified atom stereocenters. The number of aryl methyl sites for hydroxylation is 1. The van der Waals surface area contributed by atoms with Crippen molar-refractivity contribution in [3.63, 3.8) is 0 Å². The van der Waals surface area contributed by atoms with Gasteiger partial charge in [-0.05, 0) is 44.4 Å². The Bertz CT molecular complexity index is 1380. The molecule has 0 aromatic carbocycles.